The van der Waals surface area contributed by atoms with E-state index < -0.39 is 11.8 Å². The number of nitrogens with zero attached hydrogens (tertiary/aromatic N) is 2. The lowest BCUT2D eigenvalue weighted by atomic mass is 9.55. The third kappa shape index (κ3) is 3.00. The molecule has 2 heterocycles. The molecule has 0 saturated carbocycles. The van der Waals surface area contributed by atoms with Crippen LogP contribution < -0.4 is 0 Å². The van der Waals surface area contributed by atoms with Crippen LogP contribution in [0.25, 0.3) is 11.3 Å². The van der Waals surface area contributed by atoms with Crippen LogP contribution in [0.3, 0.4) is 0 Å². The van der Waals surface area contributed by atoms with Crippen molar-refractivity contribution in [2.24, 2.45) is 16.9 Å². The van der Waals surface area contributed by atoms with Gasteiger partial charge in [-0.25, -0.2) is 0 Å². The van der Waals surface area contributed by atoms with Gasteiger partial charge in [0, 0.05) is 22.4 Å². The Morgan fingerprint density at radius 3 is 1.86 bits per heavy atom. The summed E-state index contributed by atoms with van der Waals surface area (Å²) in [6.45, 7) is 0. The van der Waals surface area contributed by atoms with E-state index in [-0.39, 0.29) is 23.7 Å². The Morgan fingerprint density at radius 1 is 0.750 bits per heavy atom. The Labute approximate surface area is 216 Å². The number of amides is 2. The first-order valence-corrected chi connectivity index (χ1v) is 12.4. The summed E-state index contributed by atoms with van der Waals surface area (Å²) in [4.78, 5) is 27.2. The first kappa shape index (κ1) is 21.6. The molecule has 2 bridgehead atoms. The zero-order valence-electron chi connectivity index (χ0n) is 18.8. The van der Waals surface area contributed by atoms with Crippen molar-refractivity contribution in [3.05, 3.63) is 117 Å². The van der Waals surface area contributed by atoms with Gasteiger partial charge < -0.3 is 4.42 Å². The molecule has 0 spiro atoms. The molecule has 0 radical (unpaired) electrons. The van der Waals surface area contributed by atoms with Crippen LogP contribution in [0.5, 0.6) is 0 Å². The third-order valence-electron chi connectivity index (χ3n) is 7.55. The fraction of sp³-hybridized carbons (Fsp3) is 0.138. The molecular formula is C29H18Cl2N2O3. The van der Waals surface area contributed by atoms with E-state index in [4.69, 9.17) is 27.6 Å². The Bertz CT molecular complexity index is 1490. The van der Waals surface area contributed by atoms with Crippen LogP contribution in [0.1, 0.15) is 39.8 Å². The first-order chi connectivity index (χ1) is 17.5. The lowest BCUT2D eigenvalue weighted by molar-refractivity contribution is -0.139. The molecular weight excluding hydrogens is 495 g/mol. The molecule has 3 aromatic carbocycles. The smallest absolute Gasteiger partial charge is 0.254 e. The topological polar surface area (TPSA) is 62.9 Å². The monoisotopic (exact) mass is 512 g/mol. The number of imide groups is 1. The van der Waals surface area contributed by atoms with Gasteiger partial charge in [0.25, 0.3) is 11.8 Å². The van der Waals surface area contributed by atoms with Crippen molar-refractivity contribution in [3.63, 3.8) is 0 Å². The molecule has 5 nitrogen and oxygen atoms in total. The lowest BCUT2D eigenvalue weighted by Gasteiger charge is -2.45. The van der Waals surface area contributed by atoms with Crippen LogP contribution in [0.4, 0.5) is 0 Å². The Balaban J connectivity index is 1.24. The van der Waals surface area contributed by atoms with Crippen molar-refractivity contribution >= 4 is 41.2 Å². The summed E-state index contributed by atoms with van der Waals surface area (Å²) in [7, 11) is 0. The number of carbonyl (C=O) groups is 2. The van der Waals surface area contributed by atoms with Crippen molar-refractivity contribution in [3.8, 4) is 11.3 Å². The maximum atomic E-state index is 13.6. The molecule has 4 aliphatic rings. The van der Waals surface area contributed by atoms with E-state index in [2.05, 4.69) is 29.4 Å². The van der Waals surface area contributed by atoms with Crippen molar-refractivity contribution in [2.75, 3.05) is 0 Å². The van der Waals surface area contributed by atoms with Gasteiger partial charge in [0.15, 0.2) is 0 Å². The summed E-state index contributed by atoms with van der Waals surface area (Å²) in [5.74, 6) is -0.904. The standard InChI is InChI=1S/C29H18Cl2N2O3/c30-15-9-11-22(31)21(13-15)23-12-10-16(36-23)14-32-33-28(34)26-24-17-5-1-2-6-18(17)25(27(26)29(33)35)20-8-4-3-7-19(20)24/h1-14,24-27H/b32-14-/t24?,25?,26-,27+. The zero-order chi connectivity index (χ0) is 24.6. The molecule has 7 heteroatoms. The minimum Gasteiger partial charge on any atom is -0.455 e. The quantitative estimate of drug-likeness (QED) is 0.233. The van der Waals surface area contributed by atoms with Crippen molar-refractivity contribution in [2.45, 2.75) is 11.8 Å². The maximum absolute atomic E-state index is 13.6. The molecule has 2 atom stereocenters. The average molecular weight is 513 g/mol. The molecule has 0 unspecified atom stereocenters. The highest BCUT2D eigenvalue weighted by molar-refractivity contribution is 6.35. The van der Waals surface area contributed by atoms with Crippen molar-refractivity contribution in [1.29, 1.82) is 0 Å². The molecule has 1 saturated heterocycles. The maximum Gasteiger partial charge on any atom is 0.254 e. The number of rotatable bonds is 3. The van der Waals surface area contributed by atoms with Crippen LogP contribution in [-0.4, -0.2) is 23.0 Å². The molecule has 1 fully saturated rings. The van der Waals surface area contributed by atoms with Gasteiger partial charge >= 0.3 is 0 Å². The normalized spacial score (nSPS) is 23.8. The molecule has 0 N–H and O–H groups in total. The van der Waals surface area contributed by atoms with E-state index in [0.717, 1.165) is 27.3 Å². The number of carbonyl (C=O) groups excluding carboxylic acids is 2. The second-order valence-electron chi connectivity index (χ2n) is 9.32. The summed E-state index contributed by atoms with van der Waals surface area (Å²) < 4.78 is 5.87. The number of halogens is 2. The highest BCUT2D eigenvalue weighted by atomic mass is 35.5. The van der Waals surface area contributed by atoms with E-state index in [1.807, 2.05) is 24.3 Å². The molecule has 2 amide bonds. The van der Waals surface area contributed by atoms with E-state index in [1.54, 1.807) is 30.3 Å². The second kappa shape index (κ2) is 7.92. The van der Waals surface area contributed by atoms with E-state index in [9.17, 15) is 9.59 Å². The van der Waals surface area contributed by atoms with Gasteiger partial charge in [0.05, 0.1) is 23.1 Å². The van der Waals surface area contributed by atoms with Gasteiger partial charge in [-0.2, -0.15) is 10.1 Å². The molecule has 3 aliphatic carbocycles. The van der Waals surface area contributed by atoms with Gasteiger partial charge in [-0.3, -0.25) is 9.59 Å². The SMILES string of the molecule is O=C1[C@@H]2C3c4ccccc4C(c4ccccc43)[C@@H]2C(=O)N1/N=C\c1ccc(-c2cc(Cl)ccc2Cl)o1. The van der Waals surface area contributed by atoms with Crippen molar-refractivity contribution in [1.82, 2.24) is 5.01 Å². The number of hydrazone groups is 1. The van der Waals surface area contributed by atoms with Crippen LogP contribution in [0.2, 0.25) is 10.0 Å². The van der Waals surface area contributed by atoms with Crippen LogP contribution in [0, 0.1) is 11.8 Å². The van der Waals surface area contributed by atoms with E-state index >= 15 is 0 Å². The summed E-state index contributed by atoms with van der Waals surface area (Å²) in [6.07, 6.45) is 1.40. The van der Waals surface area contributed by atoms with E-state index in [0.29, 0.717) is 27.1 Å². The molecule has 36 heavy (non-hydrogen) atoms. The van der Waals surface area contributed by atoms with Gasteiger partial charge in [0.1, 0.15) is 11.5 Å². The molecule has 1 aromatic heterocycles. The van der Waals surface area contributed by atoms with E-state index in [1.165, 1.54) is 6.21 Å². The number of hydrogen-bond acceptors (Lipinski definition) is 4. The Kier molecular flexibility index (Phi) is 4.75. The number of furan rings is 1. The zero-order valence-corrected chi connectivity index (χ0v) is 20.3. The number of benzene rings is 3. The Morgan fingerprint density at radius 2 is 1.31 bits per heavy atom. The highest BCUT2D eigenvalue weighted by Gasteiger charge is 2.61. The second-order valence-corrected chi connectivity index (χ2v) is 10.2. The molecule has 8 rings (SSSR count). The first-order valence-electron chi connectivity index (χ1n) is 11.7. The highest BCUT2D eigenvalue weighted by Crippen LogP contribution is 2.60. The van der Waals surface area contributed by atoms with Crippen LogP contribution in [0.15, 0.2) is 88.4 Å². The predicted octanol–water partition coefficient (Wildman–Crippen LogP) is 6.48. The molecule has 4 aromatic rings. The predicted molar refractivity (Wildman–Crippen MR) is 137 cm³/mol. The minimum absolute atomic E-state index is 0.163. The summed E-state index contributed by atoms with van der Waals surface area (Å²) in [6, 6.07) is 24.9. The largest absolute Gasteiger partial charge is 0.455 e. The minimum atomic E-state index is -0.470. The number of hydrogen-bond donors (Lipinski definition) is 0. The molecule has 176 valence electrons. The van der Waals surface area contributed by atoms with Crippen LogP contribution >= 0.6 is 23.2 Å². The van der Waals surface area contributed by atoms with Crippen LogP contribution in [-0.2, 0) is 9.59 Å². The fourth-order valence-corrected chi connectivity index (χ4v) is 6.53. The van der Waals surface area contributed by atoms with Gasteiger partial charge in [-0.1, -0.05) is 71.7 Å². The summed E-state index contributed by atoms with van der Waals surface area (Å²) >= 11 is 12.4. The summed E-state index contributed by atoms with van der Waals surface area (Å²) in [5, 5.41) is 6.37. The Hall–Kier alpha value is -3.67. The molecule has 1 aliphatic heterocycles. The summed E-state index contributed by atoms with van der Waals surface area (Å²) in [5.41, 5.74) is 5.16. The fourth-order valence-electron chi connectivity index (χ4n) is 6.14. The van der Waals surface area contributed by atoms with Gasteiger partial charge in [-0.05, 0) is 52.6 Å². The third-order valence-corrected chi connectivity index (χ3v) is 8.11. The average Bonchev–Trinajstić information content (AvgIpc) is 3.47. The van der Waals surface area contributed by atoms with Gasteiger partial charge in [-0.15, -0.1) is 0 Å². The van der Waals surface area contributed by atoms with Gasteiger partial charge in [0.2, 0.25) is 0 Å². The lowest BCUT2D eigenvalue weighted by Crippen LogP contribution is -2.41. The van der Waals surface area contributed by atoms with Crippen molar-refractivity contribution < 1.29 is 14.0 Å².